The first-order valence-electron chi connectivity index (χ1n) is 3.69. The highest BCUT2D eigenvalue weighted by atomic mass is 16.5. The van der Waals surface area contributed by atoms with Crippen molar-refractivity contribution in [1.82, 2.24) is 4.90 Å². The highest BCUT2D eigenvalue weighted by Gasteiger charge is 2.38. The van der Waals surface area contributed by atoms with Gasteiger partial charge < -0.3 is 4.74 Å². The van der Waals surface area contributed by atoms with Crippen molar-refractivity contribution in [2.45, 2.75) is 12.5 Å². The van der Waals surface area contributed by atoms with E-state index in [1.165, 1.54) is 7.05 Å². The van der Waals surface area contributed by atoms with Crippen LogP contribution in [0.5, 0.6) is 0 Å². The van der Waals surface area contributed by atoms with Crippen LogP contribution in [0, 0.1) is 0 Å². The summed E-state index contributed by atoms with van der Waals surface area (Å²) >= 11 is 0. The standard InChI is InChI=1S/C8H9NO4/c1-3-7(11)13-5-4-6(10)9(2)8(5)12/h3,5H,1,4H2,2H3. The second-order valence-electron chi connectivity index (χ2n) is 2.62. The lowest BCUT2D eigenvalue weighted by Crippen LogP contribution is -2.30. The third-order valence-electron chi connectivity index (χ3n) is 1.77. The number of hydrogen-bond acceptors (Lipinski definition) is 4. The lowest BCUT2D eigenvalue weighted by Gasteiger charge is -2.08. The highest BCUT2D eigenvalue weighted by Crippen LogP contribution is 2.14. The summed E-state index contributed by atoms with van der Waals surface area (Å²) < 4.78 is 4.64. The van der Waals surface area contributed by atoms with E-state index in [1.54, 1.807) is 0 Å². The topological polar surface area (TPSA) is 63.7 Å². The zero-order valence-electron chi connectivity index (χ0n) is 7.15. The van der Waals surface area contributed by atoms with Gasteiger partial charge in [0.05, 0.1) is 6.42 Å². The second kappa shape index (κ2) is 3.38. The molecule has 1 saturated heterocycles. The van der Waals surface area contributed by atoms with E-state index in [2.05, 4.69) is 11.3 Å². The van der Waals surface area contributed by atoms with Crippen LogP contribution >= 0.6 is 0 Å². The number of likely N-dealkylation sites (N-methyl/N-ethyl adjacent to an activating group) is 1. The first kappa shape index (κ1) is 9.44. The molecule has 5 nitrogen and oxygen atoms in total. The van der Waals surface area contributed by atoms with E-state index in [9.17, 15) is 14.4 Å². The van der Waals surface area contributed by atoms with Gasteiger partial charge in [0.1, 0.15) is 0 Å². The van der Waals surface area contributed by atoms with Crippen molar-refractivity contribution in [3.8, 4) is 0 Å². The molecule has 0 aromatic heterocycles. The van der Waals surface area contributed by atoms with Crippen LogP contribution in [0.15, 0.2) is 12.7 Å². The Labute approximate surface area is 75.0 Å². The number of amides is 2. The fourth-order valence-corrected chi connectivity index (χ4v) is 1.00. The average molecular weight is 183 g/mol. The van der Waals surface area contributed by atoms with Gasteiger partial charge in [-0.2, -0.15) is 0 Å². The minimum absolute atomic E-state index is 0.0745. The summed E-state index contributed by atoms with van der Waals surface area (Å²) in [7, 11) is 1.35. The number of nitrogens with zero attached hydrogens (tertiary/aromatic N) is 1. The van der Waals surface area contributed by atoms with Crippen LogP contribution in [0.1, 0.15) is 6.42 Å². The van der Waals surface area contributed by atoms with Gasteiger partial charge in [-0.25, -0.2) is 4.79 Å². The van der Waals surface area contributed by atoms with Gasteiger partial charge in [-0.05, 0) is 0 Å². The van der Waals surface area contributed by atoms with Crippen molar-refractivity contribution in [2.24, 2.45) is 0 Å². The van der Waals surface area contributed by atoms with Gasteiger partial charge in [-0.1, -0.05) is 6.58 Å². The minimum Gasteiger partial charge on any atom is -0.449 e. The van der Waals surface area contributed by atoms with E-state index in [-0.39, 0.29) is 12.3 Å². The van der Waals surface area contributed by atoms with Crippen LogP contribution in [-0.2, 0) is 19.1 Å². The molecule has 1 rings (SSSR count). The highest BCUT2D eigenvalue weighted by molar-refractivity contribution is 6.05. The van der Waals surface area contributed by atoms with E-state index in [1.807, 2.05) is 0 Å². The van der Waals surface area contributed by atoms with E-state index in [4.69, 9.17) is 0 Å². The molecule has 0 N–H and O–H groups in total. The maximum absolute atomic E-state index is 11.2. The van der Waals surface area contributed by atoms with Gasteiger partial charge in [0, 0.05) is 13.1 Å². The van der Waals surface area contributed by atoms with Crippen LogP contribution in [-0.4, -0.2) is 35.8 Å². The summed E-state index contributed by atoms with van der Waals surface area (Å²) in [5.74, 6) is -1.52. The number of hydrogen-bond donors (Lipinski definition) is 0. The van der Waals surface area contributed by atoms with Crippen molar-refractivity contribution in [1.29, 1.82) is 0 Å². The number of ether oxygens (including phenoxy) is 1. The minimum atomic E-state index is -0.969. The molecule has 1 atom stereocenters. The lowest BCUT2D eigenvalue weighted by molar-refractivity contribution is -0.151. The van der Waals surface area contributed by atoms with Crippen LogP contribution in [0.25, 0.3) is 0 Å². The number of esters is 1. The Hall–Kier alpha value is -1.65. The molecule has 1 unspecified atom stereocenters. The first-order valence-corrected chi connectivity index (χ1v) is 3.69. The molecule has 0 bridgehead atoms. The first-order chi connectivity index (χ1) is 6.06. The number of carbonyl (C=O) groups is 3. The summed E-state index contributed by atoms with van der Waals surface area (Å²) in [6, 6.07) is 0. The Morgan fingerprint density at radius 2 is 2.31 bits per heavy atom. The summed E-state index contributed by atoms with van der Waals surface area (Å²) in [6.07, 6.45) is -0.0895. The summed E-state index contributed by atoms with van der Waals surface area (Å²) in [4.78, 5) is 33.8. The van der Waals surface area contributed by atoms with E-state index < -0.39 is 18.0 Å². The molecule has 0 radical (unpaired) electrons. The smallest absolute Gasteiger partial charge is 0.330 e. The predicted octanol–water partition coefficient (Wildman–Crippen LogP) is -0.527. The Morgan fingerprint density at radius 1 is 1.69 bits per heavy atom. The summed E-state index contributed by atoms with van der Waals surface area (Å²) in [5, 5.41) is 0. The SMILES string of the molecule is C=CC(=O)OC1CC(=O)N(C)C1=O. The molecule has 1 heterocycles. The van der Waals surface area contributed by atoms with Gasteiger partial charge in [-0.15, -0.1) is 0 Å². The summed E-state index contributed by atoms with van der Waals surface area (Å²) in [5.41, 5.74) is 0. The Morgan fingerprint density at radius 3 is 2.69 bits per heavy atom. The molecular weight excluding hydrogens is 174 g/mol. The molecule has 0 aromatic carbocycles. The predicted molar refractivity (Wildman–Crippen MR) is 42.5 cm³/mol. The van der Waals surface area contributed by atoms with E-state index in [0.717, 1.165) is 11.0 Å². The van der Waals surface area contributed by atoms with Crippen molar-refractivity contribution in [2.75, 3.05) is 7.05 Å². The van der Waals surface area contributed by atoms with E-state index >= 15 is 0 Å². The molecule has 2 amide bonds. The van der Waals surface area contributed by atoms with Crippen LogP contribution in [0.2, 0.25) is 0 Å². The second-order valence-corrected chi connectivity index (χ2v) is 2.62. The quantitative estimate of drug-likeness (QED) is 0.328. The van der Waals surface area contributed by atoms with Crippen LogP contribution in [0.4, 0.5) is 0 Å². The number of carbonyl (C=O) groups excluding carboxylic acids is 3. The third kappa shape index (κ3) is 1.74. The van der Waals surface area contributed by atoms with Crippen LogP contribution < -0.4 is 0 Å². The Bertz CT molecular complexity index is 284. The van der Waals surface area contributed by atoms with Crippen molar-refractivity contribution in [3.63, 3.8) is 0 Å². The van der Waals surface area contributed by atoms with Crippen LogP contribution in [0.3, 0.4) is 0 Å². The maximum Gasteiger partial charge on any atom is 0.330 e. The monoisotopic (exact) mass is 183 g/mol. The molecule has 0 saturated carbocycles. The lowest BCUT2D eigenvalue weighted by atomic mass is 10.3. The molecule has 5 heteroatoms. The molecule has 1 aliphatic rings. The molecule has 1 fully saturated rings. The third-order valence-corrected chi connectivity index (χ3v) is 1.77. The fraction of sp³-hybridized carbons (Fsp3) is 0.375. The Balaban J connectivity index is 2.64. The van der Waals surface area contributed by atoms with Gasteiger partial charge in [0.2, 0.25) is 5.91 Å². The average Bonchev–Trinajstić information content (AvgIpc) is 2.34. The zero-order valence-corrected chi connectivity index (χ0v) is 7.15. The summed E-state index contributed by atoms with van der Waals surface area (Å²) in [6.45, 7) is 3.18. The van der Waals surface area contributed by atoms with Crippen molar-refractivity contribution < 1.29 is 19.1 Å². The number of rotatable bonds is 2. The van der Waals surface area contributed by atoms with Gasteiger partial charge in [0.25, 0.3) is 5.91 Å². The molecule has 0 aliphatic carbocycles. The van der Waals surface area contributed by atoms with Gasteiger partial charge >= 0.3 is 5.97 Å². The normalized spacial score (nSPS) is 21.9. The molecular formula is C8H9NO4. The Kier molecular flexibility index (Phi) is 2.46. The van der Waals surface area contributed by atoms with Gasteiger partial charge in [0.15, 0.2) is 6.10 Å². The molecule has 0 aromatic rings. The van der Waals surface area contributed by atoms with Gasteiger partial charge in [-0.3, -0.25) is 14.5 Å². The number of imide groups is 1. The molecule has 0 spiro atoms. The number of likely N-dealkylation sites (tertiary alicyclic amines) is 1. The van der Waals surface area contributed by atoms with E-state index in [0.29, 0.717) is 0 Å². The molecule has 13 heavy (non-hydrogen) atoms. The zero-order chi connectivity index (χ0) is 10.0. The van der Waals surface area contributed by atoms with Crippen molar-refractivity contribution in [3.05, 3.63) is 12.7 Å². The maximum atomic E-state index is 11.2. The molecule has 70 valence electrons. The molecule has 1 aliphatic heterocycles. The fourth-order valence-electron chi connectivity index (χ4n) is 1.00. The van der Waals surface area contributed by atoms with Crippen molar-refractivity contribution >= 4 is 17.8 Å². The largest absolute Gasteiger partial charge is 0.449 e.